The van der Waals surface area contributed by atoms with Gasteiger partial charge in [0.25, 0.3) is 0 Å². The number of nitrogen functional groups attached to an aromatic ring is 1. The smallest absolute Gasteiger partial charge is 0.229 e. The van der Waals surface area contributed by atoms with Gasteiger partial charge in [0.1, 0.15) is 0 Å². The molecule has 0 radical (unpaired) electrons. The number of rotatable bonds is 2. The van der Waals surface area contributed by atoms with Crippen LogP contribution in [0.15, 0.2) is 34.7 Å². The van der Waals surface area contributed by atoms with Gasteiger partial charge in [0.2, 0.25) is 5.78 Å². The largest absolute Gasteiger partial charge is 0.441 e. The maximum absolute atomic E-state index is 11.9. The normalized spacial score (nSPS) is 10.4. The highest BCUT2D eigenvalue weighted by Gasteiger charge is 2.16. The van der Waals surface area contributed by atoms with E-state index in [2.05, 4.69) is 0 Å². The van der Waals surface area contributed by atoms with E-state index in [-0.39, 0.29) is 21.8 Å². The molecule has 0 amide bonds. The Balaban J connectivity index is 2.41. The summed E-state index contributed by atoms with van der Waals surface area (Å²) >= 11 is 11.5. The van der Waals surface area contributed by atoms with Crippen molar-refractivity contribution in [2.45, 2.75) is 0 Å². The van der Waals surface area contributed by atoms with Crippen molar-refractivity contribution in [3.63, 3.8) is 0 Å². The quantitative estimate of drug-likeness (QED) is 0.661. The summed E-state index contributed by atoms with van der Waals surface area (Å²) in [6.07, 6.45) is 0. The maximum Gasteiger partial charge on any atom is 0.229 e. The van der Waals surface area contributed by atoms with Crippen molar-refractivity contribution < 1.29 is 9.21 Å². The second-order valence-electron chi connectivity index (χ2n) is 3.17. The average molecular weight is 256 g/mol. The van der Waals surface area contributed by atoms with E-state index in [1.807, 2.05) is 0 Å². The highest BCUT2D eigenvalue weighted by molar-refractivity contribution is 6.35. The molecule has 0 fully saturated rings. The van der Waals surface area contributed by atoms with Crippen LogP contribution in [0.3, 0.4) is 0 Å². The first kappa shape index (κ1) is 11.0. The molecular weight excluding hydrogens is 249 g/mol. The van der Waals surface area contributed by atoms with Crippen LogP contribution < -0.4 is 5.73 Å². The highest BCUT2D eigenvalue weighted by atomic mass is 35.5. The first-order chi connectivity index (χ1) is 7.58. The highest BCUT2D eigenvalue weighted by Crippen LogP contribution is 2.23. The Hall–Kier alpha value is -1.45. The summed E-state index contributed by atoms with van der Waals surface area (Å²) in [6, 6.07) is 7.66. The molecule has 1 aromatic heterocycles. The van der Waals surface area contributed by atoms with Gasteiger partial charge in [-0.05, 0) is 41.9 Å². The molecule has 0 saturated heterocycles. The molecule has 16 heavy (non-hydrogen) atoms. The molecule has 0 aliphatic carbocycles. The monoisotopic (exact) mass is 255 g/mol. The zero-order valence-corrected chi connectivity index (χ0v) is 9.55. The van der Waals surface area contributed by atoms with Crippen molar-refractivity contribution in [2.75, 3.05) is 5.73 Å². The van der Waals surface area contributed by atoms with Gasteiger partial charge in [-0.1, -0.05) is 11.6 Å². The maximum atomic E-state index is 11.9. The van der Waals surface area contributed by atoms with Crippen LogP contribution in [0.1, 0.15) is 16.1 Å². The van der Waals surface area contributed by atoms with Crippen LogP contribution in [-0.4, -0.2) is 5.78 Å². The number of anilines is 1. The number of nitrogens with two attached hydrogens (primary N) is 1. The average Bonchev–Trinajstić information content (AvgIpc) is 2.64. The molecule has 0 saturated carbocycles. The van der Waals surface area contributed by atoms with Crippen molar-refractivity contribution in [1.29, 1.82) is 0 Å². The molecule has 2 N–H and O–H groups in total. The molecule has 1 aromatic carbocycles. The van der Waals surface area contributed by atoms with Gasteiger partial charge in [0.15, 0.2) is 11.0 Å². The summed E-state index contributed by atoms with van der Waals surface area (Å²) < 4.78 is 5.01. The molecule has 0 spiro atoms. The standard InChI is InChI=1S/C11H7Cl2NO2/c12-8-5-6(14)1-2-7(8)11(15)9-3-4-10(13)16-9/h1-5H,14H2. The predicted octanol–water partition coefficient (Wildman–Crippen LogP) is 3.40. The number of furan rings is 1. The third-order valence-corrected chi connectivity index (χ3v) is 2.55. The molecule has 2 rings (SSSR count). The Labute approximate surface area is 102 Å². The van der Waals surface area contributed by atoms with E-state index < -0.39 is 0 Å². The van der Waals surface area contributed by atoms with Gasteiger partial charge in [-0.3, -0.25) is 4.79 Å². The second-order valence-corrected chi connectivity index (χ2v) is 3.95. The van der Waals surface area contributed by atoms with Gasteiger partial charge in [0.05, 0.1) is 5.02 Å². The number of hydrogen-bond donors (Lipinski definition) is 1. The fraction of sp³-hybridized carbons (Fsp3) is 0. The zero-order chi connectivity index (χ0) is 11.7. The lowest BCUT2D eigenvalue weighted by atomic mass is 10.1. The van der Waals surface area contributed by atoms with Gasteiger partial charge in [-0.2, -0.15) is 0 Å². The van der Waals surface area contributed by atoms with Gasteiger partial charge < -0.3 is 10.2 Å². The van der Waals surface area contributed by atoms with Crippen LogP contribution in [0.25, 0.3) is 0 Å². The van der Waals surface area contributed by atoms with Gasteiger partial charge in [0, 0.05) is 11.3 Å². The van der Waals surface area contributed by atoms with Crippen molar-refractivity contribution in [1.82, 2.24) is 0 Å². The predicted molar refractivity (Wildman–Crippen MR) is 63.0 cm³/mol. The lowest BCUT2D eigenvalue weighted by Crippen LogP contribution is -2.01. The fourth-order valence-corrected chi connectivity index (χ4v) is 1.71. The summed E-state index contributed by atoms with van der Waals surface area (Å²) in [5.41, 5.74) is 6.36. The summed E-state index contributed by atoms with van der Waals surface area (Å²) in [7, 11) is 0. The first-order valence-corrected chi connectivity index (χ1v) is 5.18. The van der Waals surface area contributed by atoms with E-state index in [1.54, 1.807) is 12.1 Å². The summed E-state index contributed by atoms with van der Waals surface area (Å²) in [6.45, 7) is 0. The van der Waals surface area contributed by atoms with Crippen molar-refractivity contribution >= 4 is 34.7 Å². The van der Waals surface area contributed by atoms with E-state index in [4.69, 9.17) is 33.4 Å². The van der Waals surface area contributed by atoms with Gasteiger partial charge in [-0.25, -0.2) is 0 Å². The third-order valence-electron chi connectivity index (χ3n) is 2.03. The number of ketones is 1. The number of hydrogen-bond acceptors (Lipinski definition) is 3. The molecule has 82 valence electrons. The molecule has 0 unspecified atom stereocenters. The molecule has 2 aromatic rings. The SMILES string of the molecule is Nc1ccc(C(=O)c2ccc(Cl)o2)c(Cl)c1. The molecule has 0 aliphatic rings. The van der Waals surface area contributed by atoms with Gasteiger partial charge in [-0.15, -0.1) is 0 Å². The molecular formula is C11H7Cl2NO2. The molecule has 3 nitrogen and oxygen atoms in total. The Morgan fingerprint density at radius 3 is 2.50 bits per heavy atom. The second kappa shape index (κ2) is 4.20. The van der Waals surface area contributed by atoms with E-state index in [0.717, 1.165) is 0 Å². The first-order valence-electron chi connectivity index (χ1n) is 4.43. The van der Waals surface area contributed by atoms with Crippen molar-refractivity contribution in [2.24, 2.45) is 0 Å². The number of carbonyl (C=O) groups excluding carboxylic acids is 1. The van der Waals surface area contributed by atoms with Gasteiger partial charge >= 0.3 is 0 Å². The fourth-order valence-electron chi connectivity index (χ4n) is 1.28. The third kappa shape index (κ3) is 2.05. The molecule has 0 bridgehead atoms. The van der Waals surface area contributed by atoms with Crippen LogP contribution in [0.4, 0.5) is 5.69 Å². The Morgan fingerprint density at radius 2 is 1.94 bits per heavy atom. The number of halogens is 2. The molecule has 0 aliphatic heterocycles. The van der Waals surface area contributed by atoms with Crippen LogP contribution in [0, 0.1) is 0 Å². The van der Waals surface area contributed by atoms with Crippen LogP contribution in [-0.2, 0) is 0 Å². The zero-order valence-electron chi connectivity index (χ0n) is 8.04. The van der Waals surface area contributed by atoms with Crippen molar-refractivity contribution in [3.8, 4) is 0 Å². The summed E-state index contributed by atoms with van der Waals surface area (Å²) in [4.78, 5) is 11.9. The Bertz CT molecular complexity index is 549. The van der Waals surface area contributed by atoms with E-state index in [9.17, 15) is 4.79 Å². The van der Waals surface area contributed by atoms with Crippen LogP contribution in [0.5, 0.6) is 0 Å². The van der Waals surface area contributed by atoms with E-state index in [1.165, 1.54) is 18.2 Å². The van der Waals surface area contributed by atoms with Crippen molar-refractivity contribution in [3.05, 3.63) is 51.9 Å². The van der Waals surface area contributed by atoms with E-state index in [0.29, 0.717) is 11.3 Å². The van der Waals surface area contributed by atoms with Crippen LogP contribution in [0.2, 0.25) is 10.2 Å². The molecule has 0 atom stereocenters. The number of benzene rings is 1. The topological polar surface area (TPSA) is 56.2 Å². The lowest BCUT2D eigenvalue weighted by Gasteiger charge is -2.01. The Kier molecular flexibility index (Phi) is 2.90. The number of carbonyl (C=O) groups is 1. The molecule has 5 heteroatoms. The van der Waals surface area contributed by atoms with E-state index >= 15 is 0 Å². The lowest BCUT2D eigenvalue weighted by molar-refractivity contribution is 0.101. The van der Waals surface area contributed by atoms with Crippen LogP contribution >= 0.6 is 23.2 Å². The minimum Gasteiger partial charge on any atom is -0.441 e. The Morgan fingerprint density at radius 1 is 1.19 bits per heavy atom. The summed E-state index contributed by atoms with van der Waals surface area (Å²) in [5.74, 6) is -0.173. The summed E-state index contributed by atoms with van der Waals surface area (Å²) in [5, 5.41) is 0.451. The minimum atomic E-state index is -0.322. The minimum absolute atomic E-state index is 0.150. The molecule has 1 heterocycles.